The topological polar surface area (TPSA) is 48.0 Å². The Morgan fingerprint density at radius 2 is 1.70 bits per heavy atom. The number of methoxy groups -OCH3 is 1. The van der Waals surface area contributed by atoms with Crippen molar-refractivity contribution in [3.8, 4) is 12.3 Å². The monoisotopic (exact) mass is 573 g/mol. The molecule has 0 amide bonds. The quantitative estimate of drug-likeness (QED) is 0.0923. The first-order valence-electron chi connectivity index (χ1n) is 13.3. The molecule has 3 unspecified atom stereocenters. The molecule has 1 aliphatic heterocycles. The number of carbonyl (C=O) groups is 1. The van der Waals surface area contributed by atoms with Crippen LogP contribution in [0.5, 0.6) is 0 Å². The van der Waals surface area contributed by atoms with Gasteiger partial charge in [-0.3, -0.25) is 0 Å². The van der Waals surface area contributed by atoms with Gasteiger partial charge < -0.3 is 0 Å². The number of terminal acetylenes is 1. The second-order valence-corrected chi connectivity index (χ2v) is 24.0. The van der Waals surface area contributed by atoms with Crippen LogP contribution >= 0.6 is 0 Å². The zero-order valence-corrected chi connectivity index (χ0v) is 25.3. The van der Waals surface area contributed by atoms with Crippen molar-refractivity contribution in [2.75, 3.05) is 34.0 Å². The van der Waals surface area contributed by atoms with E-state index in [1.807, 2.05) is 0 Å². The zero-order valence-electron chi connectivity index (χ0n) is 22.4. The summed E-state index contributed by atoms with van der Waals surface area (Å²) in [7, 11) is 3.89. The zero-order chi connectivity index (χ0) is 24.7. The molecule has 33 heavy (non-hydrogen) atoms. The number of nitrogens with zero attached hydrogens (tertiary/aromatic N) is 1. The van der Waals surface area contributed by atoms with E-state index < -0.39 is 18.4 Å². The van der Waals surface area contributed by atoms with Gasteiger partial charge >= 0.3 is 209 Å². The first kappa shape index (κ1) is 30.7. The van der Waals surface area contributed by atoms with E-state index >= 15 is 0 Å². The van der Waals surface area contributed by atoms with Gasteiger partial charge in [0.1, 0.15) is 0 Å². The average Bonchev–Trinajstić information content (AvgIpc) is 2.80. The number of carbonyl (C=O) groups excluding carboxylic acids is 1. The summed E-state index contributed by atoms with van der Waals surface area (Å²) in [5, 5.41) is 0. The van der Waals surface area contributed by atoms with E-state index in [-0.39, 0.29) is 28.4 Å². The number of hydrogen-bond donors (Lipinski definition) is 0. The third-order valence-electron chi connectivity index (χ3n) is 7.67. The van der Waals surface area contributed by atoms with Crippen molar-refractivity contribution in [3.63, 3.8) is 0 Å². The van der Waals surface area contributed by atoms with Crippen LogP contribution < -0.4 is 0 Å². The Kier molecular flexibility index (Phi) is 15.3. The Morgan fingerprint density at radius 3 is 2.15 bits per heavy atom. The van der Waals surface area contributed by atoms with Crippen molar-refractivity contribution in [1.82, 2.24) is 4.90 Å². The van der Waals surface area contributed by atoms with Crippen molar-refractivity contribution < 1.29 is 19.0 Å². The van der Waals surface area contributed by atoms with Crippen LogP contribution in [0, 0.1) is 18.3 Å². The molecule has 0 bridgehead atoms. The Balaban J connectivity index is 3.74. The van der Waals surface area contributed by atoms with Crippen LogP contribution in [0.1, 0.15) is 85.5 Å². The molecule has 1 rings (SSSR count). The normalized spacial score (nSPS) is 21.4. The molecule has 1 saturated heterocycles. The number of rotatable bonds is 17. The number of unbranched alkanes of at least 4 members (excludes halogenated alkanes) is 3. The minimum atomic E-state index is -3.06. The molecule has 0 radical (unpaired) electrons. The maximum atomic E-state index is 12.1. The number of piperidine rings is 1. The summed E-state index contributed by atoms with van der Waals surface area (Å²) in [5.41, 5.74) is 0. The van der Waals surface area contributed by atoms with Crippen molar-refractivity contribution in [1.29, 1.82) is 0 Å². The molecule has 1 aliphatic rings. The van der Waals surface area contributed by atoms with E-state index in [1.54, 1.807) is 7.11 Å². The maximum absolute atomic E-state index is 12.1. The first-order valence-corrected chi connectivity index (χ1v) is 20.8. The Labute approximate surface area is 208 Å². The van der Waals surface area contributed by atoms with Gasteiger partial charge in [0.25, 0.3) is 0 Å². The molecule has 1 fully saturated rings. The van der Waals surface area contributed by atoms with Crippen LogP contribution in [0.15, 0.2) is 0 Å². The fraction of sp³-hybridized carbons (Fsp3) is 0.889. The van der Waals surface area contributed by atoms with E-state index in [1.165, 1.54) is 58.8 Å². The molecule has 0 spiro atoms. The second kappa shape index (κ2) is 16.4. The van der Waals surface area contributed by atoms with Crippen LogP contribution in [0.2, 0.25) is 13.3 Å². The standard InChI is InChI=1S/C15H24NO4.3C4H9.Sn/c1-5-6-7-14(19-11-18-4)13-10-16(3)9-8-15(13)20-12(2)17;3*1-3-4-2;/h1,13,15H,6-11H2,2-4H3;3*1,3-4H2,2H3;. The van der Waals surface area contributed by atoms with Crippen molar-refractivity contribution in [2.24, 2.45) is 5.92 Å². The molecule has 0 aromatic carbocycles. The number of likely N-dealkylation sites (tertiary alicyclic amines) is 1. The third-order valence-corrected chi connectivity index (χ3v) is 26.2. The van der Waals surface area contributed by atoms with Gasteiger partial charge in [-0.05, 0) is 0 Å². The molecule has 0 aromatic heterocycles. The van der Waals surface area contributed by atoms with Crippen molar-refractivity contribution in [3.05, 3.63) is 0 Å². The Hall–Kier alpha value is -0.291. The van der Waals surface area contributed by atoms with Crippen molar-refractivity contribution >= 4 is 24.3 Å². The summed E-state index contributed by atoms with van der Waals surface area (Å²) in [6, 6.07) is 0. The molecule has 0 aromatic rings. The van der Waals surface area contributed by atoms with Crippen LogP contribution in [0.4, 0.5) is 0 Å². The molecule has 5 nitrogen and oxygen atoms in total. The summed E-state index contributed by atoms with van der Waals surface area (Å²) in [6.45, 7) is 10.5. The summed E-state index contributed by atoms with van der Waals surface area (Å²) >= 11 is -3.06. The summed E-state index contributed by atoms with van der Waals surface area (Å²) in [4.78, 5) is 14.5. The average molecular weight is 572 g/mol. The van der Waals surface area contributed by atoms with Gasteiger partial charge in [-0.1, -0.05) is 0 Å². The summed E-state index contributed by atoms with van der Waals surface area (Å²) in [6.07, 6.45) is 15.5. The van der Waals surface area contributed by atoms with Gasteiger partial charge in [-0.25, -0.2) is 0 Å². The molecule has 1 heterocycles. The van der Waals surface area contributed by atoms with Gasteiger partial charge in [0.05, 0.1) is 0 Å². The van der Waals surface area contributed by atoms with Gasteiger partial charge in [0.2, 0.25) is 0 Å². The molecule has 0 saturated carbocycles. The van der Waals surface area contributed by atoms with E-state index in [9.17, 15) is 4.79 Å². The molecular weight excluding hydrogens is 521 g/mol. The Bertz CT molecular complexity index is 571. The van der Waals surface area contributed by atoms with Crippen molar-refractivity contribution in [2.45, 2.75) is 109 Å². The molecular formula is C27H51NO4Sn. The number of ether oxygens (including phenoxy) is 3. The van der Waals surface area contributed by atoms with Gasteiger partial charge in [0.15, 0.2) is 0 Å². The minimum absolute atomic E-state index is 0.116. The van der Waals surface area contributed by atoms with Crippen LogP contribution in [0.25, 0.3) is 0 Å². The predicted molar refractivity (Wildman–Crippen MR) is 140 cm³/mol. The fourth-order valence-corrected chi connectivity index (χ4v) is 26.6. The van der Waals surface area contributed by atoms with Gasteiger partial charge in [0, 0.05) is 0 Å². The second-order valence-electron chi connectivity index (χ2n) is 10.0. The van der Waals surface area contributed by atoms with E-state index in [2.05, 4.69) is 38.6 Å². The number of hydrogen-bond acceptors (Lipinski definition) is 5. The molecule has 0 N–H and O–H groups in total. The molecule has 0 aliphatic carbocycles. The SMILES string of the molecule is C#CCC[C](OCOC)(C1CN(C)CCC1OC(C)=O)[Sn]([CH2]CCC)([CH2]CCC)[CH2]CCC. The summed E-state index contributed by atoms with van der Waals surface area (Å²) in [5.74, 6) is 2.89. The van der Waals surface area contributed by atoms with Crippen LogP contribution in [-0.4, -0.2) is 73.0 Å². The van der Waals surface area contributed by atoms with Gasteiger partial charge in [-0.2, -0.15) is 0 Å². The predicted octanol–water partition coefficient (Wildman–Crippen LogP) is 6.03. The molecule has 192 valence electrons. The molecule has 3 atom stereocenters. The van der Waals surface area contributed by atoms with E-state index in [0.29, 0.717) is 6.42 Å². The van der Waals surface area contributed by atoms with E-state index in [0.717, 1.165) is 25.9 Å². The van der Waals surface area contributed by atoms with Crippen LogP contribution in [-0.2, 0) is 19.0 Å². The first-order chi connectivity index (χ1) is 15.9. The third kappa shape index (κ3) is 8.70. The summed E-state index contributed by atoms with van der Waals surface area (Å²) < 4.78 is 22.2. The molecule has 6 heteroatoms. The Morgan fingerprint density at radius 1 is 1.12 bits per heavy atom. The number of esters is 1. The van der Waals surface area contributed by atoms with Gasteiger partial charge in [-0.15, -0.1) is 0 Å². The van der Waals surface area contributed by atoms with E-state index in [4.69, 9.17) is 20.6 Å². The van der Waals surface area contributed by atoms with Crippen LogP contribution in [0.3, 0.4) is 0 Å². The fourth-order valence-electron chi connectivity index (χ4n) is 6.05.